The number of hydrogen-bond acceptors (Lipinski definition) is 4. The van der Waals surface area contributed by atoms with Crippen LogP contribution in [0, 0.1) is 5.92 Å². The third-order valence-electron chi connectivity index (χ3n) is 4.67. The number of nitrogens with zero attached hydrogens (tertiary/aromatic N) is 2. The lowest BCUT2D eigenvalue weighted by Gasteiger charge is -2.22. The van der Waals surface area contributed by atoms with Gasteiger partial charge in [-0.25, -0.2) is 0 Å². The lowest BCUT2D eigenvalue weighted by atomic mass is 10.1. The zero-order valence-corrected chi connectivity index (χ0v) is 19.2. The van der Waals surface area contributed by atoms with Gasteiger partial charge in [-0.3, -0.25) is 9.79 Å². The molecule has 2 unspecified atom stereocenters. The lowest BCUT2D eigenvalue weighted by molar-refractivity contribution is -0.144. The van der Waals surface area contributed by atoms with E-state index in [1.54, 1.807) is 0 Å². The molecule has 1 heterocycles. The summed E-state index contributed by atoms with van der Waals surface area (Å²) in [6.07, 6.45) is 2.54. The average molecular weight is 488 g/mol. The Morgan fingerprint density at radius 1 is 1.30 bits per heavy atom. The van der Waals surface area contributed by atoms with E-state index in [-0.39, 0.29) is 41.9 Å². The van der Waals surface area contributed by atoms with Crippen LogP contribution >= 0.6 is 24.0 Å². The molecule has 1 saturated heterocycles. The van der Waals surface area contributed by atoms with E-state index in [1.807, 2.05) is 13.8 Å². The predicted octanol–water partition coefficient (Wildman–Crippen LogP) is 3.33. The average Bonchev–Trinajstić information content (AvgIpc) is 3.20. The van der Waals surface area contributed by atoms with Crippen molar-refractivity contribution in [2.24, 2.45) is 10.9 Å². The van der Waals surface area contributed by atoms with Gasteiger partial charge in [-0.1, -0.05) is 19.1 Å². The van der Waals surface area contributed by atoms with Gasteiger partial charge in [-0.15, -0.1) is 24.0 Å². The first kappa shape index (κ1) is 23.5. The maximum absolute atomic E-state index is 11.6. The minimum Gasteiger partial charge on any atom is -0.469 e. The molecule has 152 valence electrons. The first-order chi connectivity index (χ1) is 12.5. The second-order valence-corrected chi connectivity index (χ2v) is 6.80. The Morgan fingerprint density at radius 2 is 2.00 bits per heavy atom. The van der Waals surface area contributed by atoms with Gasteiger partial charge in [0.05, 0.1) is 25.6 Å². The van der Waals surface area contributed by atoms with Crippen LogP contribution in [-0.4, -0.2) is 45.2 Å². The Balaban J connectivity index is 0.00000364. The number of rotatable bonds is 7. The van der Waals surface area contributed by atoms with Crippen molar-refractivity contribution < 1.29 is 9.53 Å². The molecule has 7 heteroatoms. The number of anilines is 1. The van der Waals surface area contributed by atoms with Gasteiger partial charge >= 0.3 is 5.97 Å². The van der Waals surface area contributed by atoms with Crippen molar-refractivity contribution in [1.82, 2.24) is 10.6 Å². The molecule has 0 radical (unpaired) electrons. The molecule has 2 N–H and O–H groups in total. The van der Waals surface area contributed by atoms with E-state index >= 15 is 0 Å². The fourth-order valence-electron chi connectivity index (χ4n) is 3.08. The Morgan fingerprint density at radius 3 is 2.63 bits per heavy atom. The summed E-state index contributed by atoms with van der Waals surface area (Å²) in [5.41, 5.74) is 2.51. The normalized spacial score (nSPS) is 16.3. The first-order valence-electron chi connectivity index (χ1n) is 9.52. The lowest BCUT2D eigenvalue weighted by Crippen LogP contribution is -2.39. The number of guanidine groups is 1. The minimum absolute atomic E-state index is 0. The summed E-state index contributed by atoms with van der Waals surface area (Å²) in [5.74, 6) is 0.211. The Bertz CT molecular complexity index is 618. The molecule has 0 bridgehead atoms. The summed E-state index contributed by atoms with van der Waals surface area (Å²) in [5, 5.41) is 6.67. The van der Waals surface area contributed by atoms with Crippen LogP contribution in [0.25, 0.3) is 0 Å². The number of ether oxygens (including phenoxy) is 1. The molecule has 1 aliphatic rings. The maximum atomic E-state index is 11.6. The number of methoxy groups -OCH3 is 1. The largest absolute Gasteiger partial charge is 0.469 e. The molecule has 1 fully saturated rings. The second kappa shape index (κ2) is 12.0. The molecule has 2 atom stereocenters. The van der Waals surface area contributed by atoms with Crippen molar-refractivity contribution in [3.63, 3.8) is 0 Å². The third kappa shape index (κ3) is 7.20. The zero-order chi connectivity index (χ0) is 18.9. The number of carbonyl (C=O) groups is 1. The number of carbonyl (C=O) groups excluding carboxylic acids is 1. The van der Waals surface area contributed by atoms with Crippen molar-refractivity contribution in [2.75, 3.05) is 38.2 Å². The van der Waals surface area contributed by atoms with E-state index in [2.05, 4.69) is 51.7 Å². The maximum Gasteiger partial charge on any atom is 0.310 e. The van der Waals surface area contributed by atoms with Gasteiger partial charge in [-0.05, 0) is 44.4 Å². The minimum atomic E-state index is -0.260. The molecule has 0 aromatic heterocycles. The standard InChI is InChI=1S/C20H32N4O2.HI/c1-5-21-20(22-14-15(2)19(25)26-4)23-16(3)17-9-8-10-18(13-17)24-11-6-7-12-24;/h8-10,13,15-16H,5-7,11-12,14H2,1-4H3,(H2,21,22,23);1H. The number of nitrogens with one attached hydrogen (secondary N) is 2. The second-order valence-electron chi connectivity index (χ2n) is 6.80. The van der Waals surface area contributed by atoms with Crippen molar-refractivity contribution in [3.05, 3.63) is 29.8 Å². The number of hydrogen-bond donors (Lipinski definition) is 2. The Hall–Kier alpha value is -1.51. The Labute approximate surface area is 180 Å². The molecule has 0 amide bonds. The van der Waals surface area contributed by atoms with Crippen LogP contribution in [0.15, 0.2) is 29.3 Å². The Kier molecular flexibility index (Phi) is 10.5. The van der Waals surface area contributed by atoms with Crippen LogP contribution in [0.2, 0.25) is 0 Å². The highest BCUT2D eigenvalue weighted by atomic mass is 127. The molecule has 27 heavy (non-hydrogen) atoms. The van der Waals surface area contributed by atoms with Gasteiger partial charge in [-0.2, -0.15) is 0 Å². The molecule has 0 spiro atoms. The molecule has 2 rings (SSSR count). The summed E-state index contributed by atoms with van der Waals surface area (Å²) < 4.78 is 4.76. The summed E-state index contributed by atoms with van der Waals surface area (Å²) >= 11 is 0. The highest BCUT2D eigenvalue weighted by molar-refractivity contribution is 14.0. The van der Waals surface area contributed by atoms with Gasteiger partial charge in [0.2, 0.25) is 0 Å². The zero-order valence-electron chi connectivity index (χ0n) is 16.8. The fraction of sp³-hybridized carbons (Fsp3) is 0.600. The summed E-state index contributed by atoms with van der Waals surface area (Å²) in [6, 6.07) is 8.80. The van der Waals surface area contributed by atoms with Crippen molar-refractivity contribution in [3.8, 4) is 0 Å². The highest BCUT2D eigenvalue weighted by Gasteiger charge is 2.16. The smallest absolute Gasteiger partial charge is 0.310 e. The van der Waals surface area contributed by atoms with E-state index in [9.17, 15) is 4.79 Å². The quantitative estimate of drug-likeness (QED) is 0.267. The van der Waals surface area contributed by atoms with Gasteiger partial charge < -0.3 is 20.3 Å². The predicted molar refractivity (Wildman–Crippen MR) is 122 cm³/mol. The van der Waals surface area contributed by atoms with Gasteiger partial charge in [0, 0.05) is 25.3 Å². The molecule has 1 aliphatic heterocycles. The van der Waals surface area contributed by atoms with Gasteiger partial charge in [0.1, 0.15) is 0 Å². The van der Waals surface area contributed by atoms with E-state index in [0.717, 1.165) is 19.6 Å². The molecule has 1 aromatic carbocycles. The highest BCUT2D eigenvalue weighted by Crippen LogP contribution is 2.23. The first-order valence-corrected chi connectivity index (χ1v) is 9.52. The van der Waals surface area contributed by atoms with E-state index in [4.69, 9.17) is 4.74 Å². The summed E-state index contributed by atoms with van der Waals surface area (Å²) in [4.78, 5) is 18.5. The van der Waals surface area contributed by atoms with Crippen LogP contribution in [0.5, 0.6) is 0 Å². The van der Waals surface area contributed by atoms with Gasteiger partial charge in [0.25, 0.3) is 0 Å². The van der Waals surface area contributed by atoms with Gasteiger partial charge in [0.15, 0.2) is 5.96 Å². The van der Waals surface area contributed by atoms with Crippen LogP contribution in [-0.2, 0) is 9.53 Å². The molecule has 6 nitrogen and oxygen atoms in total. The number of benzene rings is 1. The number of aliphatic imine (C=N–C) groups is 1. The van der Waals surface area contributed by atoms with Crippen molar-refractivity contribution >= 4 is 41.6 Å². The van der Waals surface area contributed by atoms with E-state index < -0.39 is 0 Å². The van der Waals surface area contributed by atoms with Crippen molar-refractivity contribution in [1.29, 1.82) is 0 Å². The van der Waals surface area contributed by atoms with E-state index in [0.29, 0.717) is 12.5 Å². The molecular weight excluding hydrogens is 455 g/mol. The number of esters is 1. The molecule has 1 aromatic rings. The number of halogens is 1. The fourth-order valence-corrected chi connectivity index (χ4v) is 3.08. The molecular formula is C20H33IN4O2. The SMILES string of the molecule is CCNC(=NCC(C)C(=O)OC)NC(C)c1cccc(N2CCCC2)c1.I. The van der Waals surface area contributed by atoms with Crippen LogP contribution in [0.1, 0.15) is 45.2 Å². The summed E-state index contributed by atoms with van der Waals surface area (Å²) in [7, 11) is 1.40. The van der Waals surface area contributed by atoms with Crippen molar-refractivity contribution in [2.45, 2.75) is 39.7 Å². The van der Waals surface area contributed by atoms with Crippen LogP contribution in [0.4, 0.5) is 5.69 Å². The van der Waals surface area contributed by atoms with E-state index in [1.165, 1.54) is 31.2 Å². The monoisotopic (exact) mass is 488 g/mol. The summed E-state index contributed by atoms with van der Waals surface area (Å²) in [6.45, 7) is 9.41. The van der Waals surface area contributed by atoms with Crippen LogP contribution < -0.4 is 15.5 Å². The topological polar surface area (TPSA) is 66.0 Å². The van der Waals surface area contributed by atoms with Crippen LogP contribution in [0.3, 0.4) is 0 Å². The molecule has 0 aliphatic carbocycles. The third-order valence-corrected chi connectivity index (χ3v) is 4.67. The molecule has 0 saturated carbocycles.